The second-order valence-electron chi connectivity index (χ2n) is 23.3. The van der Waals surface area contributed by atoms with E-state index in [1.165, 1.54) is 315 Å². The van der Waals surface area contributed by atoms with Gasteiger partial charge in [0.15, 0.2) is 6.67 Å². The third-order valence-electron chi connectivity index (χ3n) is 16.3. The van der Waals surface area contributed by atoms with Crippen molar-refractivity contribution >= 4 is 5.91 Å². The molecule has 1 fully saturated rings. The first-order chi connectivity index (χ1) is 34.7. The predicted octanol–water partition coefficient (Wildman–Crippen LogP) is 21.0. The molecule has 0 unspecified atom stereocenters. The summed E-state index contributed by atoms with van der Waals surface area (Å²) in [7, 11) is 0. The van der Waals surface area contributed by atoms with E-state index < -0.39 is 0 Å². The maximum absolute atomic E-state index is 13.1. The normalized spacial score (nSPS) is 13.2. The Morgan fingerprint density at radius 2 is 0.543 bits per heavy atom. The van der Waals surface area contributed by atoms with Crippen LogP contribution in [-0.2, 0) is 14.3 Å². The molecule has 5 heteroatoms. The second kappa shape index (κ2) is 56.1. The lowest BCUT2D eigenvalue weighted by Gasteiger charge is -2.41. The topological polar surface area (TPSA) is 38.8 Å². The first-order valence-electron chi connectivity index (χ1n) is 33.0. The van der Waals surface area contributed by atoms with Crippen molar-refractivity contribution in [1.29, 1.82) is 0 Å². The number of unbranched alkanes of at least 4 members (excludes halogenated alkanes) is 45. The van der Waals surface area contributed by atoms with Gasteiger partial charge in [0.05, 0.1) is 32.8 Å². The van der Waals surface area contributed by atoms with Gasteiger partial charge >= 0.3 is 0 Å². The number of rotatable bonds is 61. The smallest absolute Gasteiger partial charge is 0.226 e. The van der Waals surface area contributed by atoms with Crippen LogP contribution in [0.1, 0.15) is 355 Å². The minimum Gasteiger partial charge on any atom is -0.381 e. The molecule has 418 valence electrons. The van der Waals surface area contributed by atoms with Crippen LogP contribution in [0, 0.1) is 0 Å². The van der Waals surface area contributed by atoms with E-state index in [1.807, 2.05) is 0 Å². The molecule has 5 nitrogen and oxygen atoms in total. The fourth-order valence-corrected chi connectivity index (χ4v) is 11.5. The van der Waals surface area contributed by atoms with Crippen molar-refractivity contribution in [1.82, 2.24) is 4.90 Å². The Bertz CT molecular complexity index is 961. The van der Waals surface area contributed by atoms with Gasteiger partial charge in [-0.25, -0.2) is 0 Å². The van der Waals surface area contributed by atoms with E-state index >= 15 is 0 Å². The molecule has 0 aromatic heterocycles. The summed E-state index contributed by atoms with van der Waals surface area (Å²) in [5, 5.41) is 0. The van der Waals surface area contributed by atoms with Gasteiger partial charge in [0.2, 0.25) is 5.91 Å². The van der Waals surface area contributed by atoms with Gasteiger partial charge in [-0.3, -0.25) is 9.69 Å². The predicted molar refractivity (Wildman–Crippen MR) is 310 cm³/mol. The van der Waals surface area contributed by atoms with Gasteiger partial charge in [-0.2, -0.15) is 0 Å². The van der Waals surface area contributed by atoms with Crippen LogP contribution < -0.4 is 0 Å². The van der Waals surface area contributed by atoms with Gasteiger partial charge in [0, 0.05) is 39.0 Å². The first-order valence-corrected chi connectivity index (χ1v) is 33.0. The van der Waals surface area contributed by atoms with E-state index in [0.717, 1.165) is 82.9 Å². The van der Waals surface area contributed by atoms with Crippen LogP contribution in [0.4, 0.5) is 0 Å². The molecule has 1 aliphatic heterocycles. The van der Waals surface area contributed by atoms with Crippen molar-refractivity contribution in [2.45, 2.75) is 355 Å². The number of carbonyl (C=O) groups excluding carboxylic acids is 1. The van der Waals surface area contributed by atoms with Crippen molar-refractivity contribution in [3.05, 3.63) is 0 Å². The molecule has 1 saturated heterocycles. The quantitative estimate of drug-likeness (QED) is 0.0450. The molecule has 1 rings (SSSR count). The number of ether oxygens (including phenoxy) is 2. The molecule has 1 aliphatic rings. The third kappa shape index (κ3) is 47.1. The summed E-state index contributed by atoms with van der Waals surface area (Å²) in [6.45, 7) is 15.8. The molecule has 0 saturated carbocycles. The molecule has 0 aliphatic carbocycles. The number of nitrogens with zero attached hydrogens (tertiary/aromatic N) is 2. The van der Waals surface area contributed by atoms with Gasteiger partial charge in [-0.15, -0.1) is 0 Å². The lowest BCUT2D eigenvalue weighted by Crippen LogP contribution is -2.56. The Balaban J connectivity index is 2.39. The summed E-state index contributed by atoms with van der Waals surface area (Å²) in [6.07, 6.45) is 71.6. The highest BCUT2D eigenvalue weighted by molar-refractivity contribution is 5.77. The van der Waals surface area contributed by atoms with Crippen LogP contribution in [0.5, 0.6) is 0 Å². The molecule has 1 heterocycles. The summed E-state index contributed by atoms with van der Waals surface area (Å²) >= 11 is 0. The maximum atomic E-state index is 13.1. The molecule has 1 amide bonds. The second-order valence-corrected chi connectivity index (χ2v) is 23.3. The zero-order valence-electron chi connectivity index (χ0n) is 48.8. The average molecular weight is 989 g/mol. The highest BCUT2D eigenvalue weighted by atomic mass is 16.5. The Labute approximate surface area is 441 Å². The lowest BCUT2D eigenvalue weighted by molar-refractivity contribution is -0.936. The minimum absolute atomic E-state index is 0.383. The van der Waals surface area contributed by atoms with Gasteiger partial charge in [-0.1, -0.05) is 303 Å². The van der Waals surface area contributed by atoms with Gasteiger partial charge < -0.3 is 14.0 Å². The Morgan fingerprint density at radius 1 is 0.314 bits per heavy atom. The zero-order valence-corrected chi connectivity index (χ0v) is 48.8. The number of quaternary nitrogens is 1. The van der Waals surface area contributed by atoms with E-state index in [-0.39, 0.29) is 0 Å². The van der Waals surface area contributed by atoms with Crippen molar-refractivity contribution in [3.63, 3.8) is 0 Å². The van der Waals surface area contributed by atoms with Crippen LogP contribution >= 0.6 is 0 Å². The number of carbonyl (C=O) groups is 1. The van der Waals surface area contributed by atoms with Crippen LogP contribution in [0.3, 0.4) is 0 Å². The highest BCUT2D eigenvalue weighted by Crippen LogP contribution is 2.22. The third-order valence-corrected chi connectivity index (χ3v) is 16.3. The van der Waals surface area contributed by atoms with Crippen LogP contribution in [-0.4, -0.2) is 74.6 Å². The van der Waals surface area contributed by atoms with Crippen molar-refractivity contribution in [2.75, 3.05) is 59.3 Å². The largest absolute Gasteiger partial charge is 0.381 e. The molecule has 0 radical (unpaired) electrons. The Kier molecular flexibility index (Phi) is 54.0. The standard InChI is InChI=1S/C65H131N2O3/c1-4-7-10-13-16-19-22-25-28-31-34-37-40-43-46-49-57-67(64-66-56-52-55-65(66)68,58-53-62-69-60-50-47-44-41-38-35-32-29-26-23-20-17-14-11-8-5-2)59-54-63-70-61-51-48-45-42-39-36-33-30-27-24-21-18-15-12-9-6-3/h4-64H2,1-3H3/q+1. The molecule has 0 N–H and O–H groups in total. The summed E-state index contributed by atoms with van der Waals surface area (Å²) in [5.74, 6) is 0.383. The molecule has 0 aromatic rings. The van der Waals surface area contributed by atoms with Crippen molar-refractivity contribution in [3.8, 4) is 0 Å². The fraction of sp³-hybridized carbons (Fsp3) is 0.985. The monoisotopic (exact) mass is 988 g/mol. The van der Waals surface area contributed by atoms with E-state index in [0.29, 0.717) is 5.91 Å². The Morgan fingerprint density at radius 3 is 0.800 bits per heavy atom. The summed E-state index contributed by atoms with van der Waals surface area (Å²) in [4.78, 5) is 15.3. The number of likely N-dealkylation sites (tertiary alicyclic amines) is 1. The summed E-state index contributed by atoms with van der Waals surface area (Å²) in [5.41, 5.74) is 0. The van der Waals surface area contributed by atoms with Gasteiger partial charge in [-0.05, 0) is 32.1 Å². The average Bonchev–Trinajstić information content (AvgIpc) is 3.77. The summed E-state index contributed by atoms with van der Waals surface area (Å²) in [6, 6.07) is 0. The summed E-state index contributed by atoms with van der Waals surface area (Å²) < 4.78 is 13.7. The minimum atomic E-state index is 0.383. The molecule has 0 bridgehead atoms. The van der Waals surface area contributed by atoms with Crippen molar-refractivity contribution in [2.24, 2.45) is 0 Å². The fourth-order valence-electron chi connectivity index (χ4n) is 11.5. The maximum Gasteiger partial charge on any atom is 0.226 e. The van der Waals surface area contributed by atoms with Gasteiger partial charge in [0.25, 0.3) is 0 Å². The zero-order chi connectivity index (χ0) is 50.2. The van der Waals surface area contributed by atoms with E-state index in [2.05, 4.69) is 25.7 Å². The molecule has 0 spiro atoms. The van der Waals surface area contributed by atoms with Crippen LogP contribution in [0.2, 0.25) is 0 Å². The molecule has 0 aromatic carbocycles. The lowest BCUT2D eigenvalue weighted by atomic mass is 10.0. The van der Waals surface area contributed by atoms with Crippen LogP contribution in [0.15, 0.2) is 0 Å². The number of hydrogen-bond acceptors (Lipinski definition) is 3. The van der Waals surface area contributed by atoms with Gasteiger partial charge in [0.1, 0.15) is 0 Å². The van der Waals surface area contributed by atoms with E-state index in [9.17, 15) is 4.79 Å². The highest BCUT2D eigenvalue weighted by Gasteiger charge is 2.33. The van der Waals surface area contributed by atoms with E-state index in [1.54, 1.807) is 0 Å². The molecule has 0 atom stereocenters. The van der Waals surface area contributed by atoms with Crippen molar-refractivity contribution < 1.29 is 18.8 Å². The molecular formula is C65H131N2O3+. The first kappa shape index (κ1) is 67.4. The SMILES string of the molecule is CCCCCCCCCCCCCCCCCCOCCC[N+](CCCCCCCCCCCCCCCCCC)(CCCOCCCCCCCCCCCCCCCCCC)CN1CCCC1=O. The van der Waals surface area contributed by atoms with Crippen LogP contribution in [0.25, 0.3) is 0 Å². The molecular weight excluding hydrogens is 857 g/mol. The Hall–Kier alpha value is -0.650. The number of hydrogen-bond donors (Lipinski definition) is 0. The number of amides is 1. The van der Waals surface area contributed by atoms with E-state index in [4.69, 9.17) is 9.47 Å². The molecule has 70 heavy (non-hydrogen) atoms.